The van der Waals surface area contributed by atoms with Crippen molar-refractivity contribution in [3.05, 3.63) is 29.8 Å². The molecule has 0 heterocycles. The minimum atomic E-state index is -4.01. The van der Waals surface area contributed by atoms with Crippen LogP contribution in [0.4, 0.5) is 8.78 Å². The van der Waals surface area contributed by atoms with Gasteiger partial charge in [0.25, 0.3) is 5.92 Å². The largest absolute Gasteiger partial charge is 0.495 e. The summed E-state index contributed by atoms with van der Waals surface area (Å²) in [7, 11) is -2.73. The molecule has 0 radical (unpaired) electrons. The van der Waals surface area contributed by atoms with E-state index in [9.17, 15) is 22.0 Å². The first-order chi connectivity index (χ1) is 10.6. The van der Waals surface area contributed by atoms with Gasteiger partial charge in [0.05, 0.1) is 20.2 Å². The molecule has 0 atom stereocenters. The van der Waals surface area contributed by atoms with Gasteiger partial charge in [-0.05, 0) is 23.8 Å². The third-order valence-corrected chi connectivity index (χ3v) is 3.67. The Balaban J connectivity index is 2.87. The zero-order chi connectivity index (χ0) is 17.7. The van der Waals surface area contributed by atoms with E-state index in [2.05, 4.69) is 0 Å². The Morgan fingerprint density at radius 3 is 2.61 bits per heavy atom. The van der Waals surface area contributed by atoms with E-state index in [0.717, 1.165) is 6.08 Å². The maximum atomic E-state index is 12.9. The predicted octanol–water partition coefficient (Wildman–Crippen LogP) is 0.0660. The molecule has 7 nitrogen and oxygen atoms in total. The van der Waals surface area contributed by atoms with E-state index in [1.165, 1.54) is 31.4 Å². The van der Waals surface area contributed by atoms with Crippen LogP contribution in [-0.4, -0.2) is 40.4 Å². The molecule has 0 saturated carbocycles. The zero-order valence-electron chi connectivity index (χ0n) is 12.3. The van der Waals surface area contributed by atoms with Crippen molar-refractivity contribution in [2.75, 3.05) is 20.2 Å². The summed E-state index contributed by atoms with van der Waals surface area (Å²) < 4.78 is 53.6. The fourth-order valence-corrected chi connectivity index (χ4v) is 2.27. The van der Waals surface area contributed by atoms with E-state index in [1.807, 2.05) is 5.32 Å². The highest BCUT2D eigenvalue weighted by molar-refractivity contribution is 7.89. The Morgan fingerprint density at radius 1 is 1.43 bits per heavy atom. The number of benzene rings is 1. The Morgan fingerprint density at radius 2 is 2.09 bits per heavy atom. The van der Waals surface area contributed by atoms with E-state index in [1.54, 1.807) is 0 Å². The smallest absolute Gasteiger partial charge is 0.277 e. The van der Waals surface area contributed by atoms with Crippen molar-refractivity contribution in [1.82, 2.24) is 5.32 Å². The summed E-state index contributed by atoms with van der Waals surface area (Å²) in [5, 5.41) is 7.05. The molecule has 0 aliphatic rings. The number of amides is 1. The molecule has 0 aromatic heterocycles. The molecule has 0 saturated heterocycles. The molecule has 1 amide bonds. The van der Waals surface area contributed by atoms with Crippen molar-refractivity contribution in [2.45, 2.75) is 10.8 Å². The summed E-state index contributed by atoms with van der Waals surface area (Å²) in [6.45, 7) is -1.77. The lowest BCUT2D eigenvalue weighted by Crippen LogP contribution is -2.41. The van der Waals surface area contributed by atoms with Crippen LogP contribution in [0, 0.1) is 0 Å². The number of nitrogens with two attached hydrogens (primary N) is 2. The van der Waals surface area contributed by atoms with Gasteiger partial charge >= 0.3 is 0 Å². The number of halogens is 2. The third kappa shape index (κ3) is 5.93. The molecule has 0 unspecified atom stereocenters. The number of nitrogens with one attached hydrogen (secondary N) is 1. The van der Waals surface area contributed by atoms with Gasteiger partial charge in [-0.25, -0.2) is 22.3 Å². The number of carbonyl (C=O) groups excluding carboxylic acids is 1. The van der Waals surface area contributed by atoms with Crippen molar-refractivity contribution in [2.24, 2.45) is 10.9 Å². The third-order valence-electron chi connectivity index (χ3n) is 2.74. The van der Waals surface area contributed by atoms with Crippen LogP contribution < -0.4 is 20.9 Å². The van der Waals surface area contributed by atoms with Gasteiger partial charge in [-0.2, -0.15) is 0 Å². The Bertz CT molecular complexity index is 705. The molecule has 0 spiro atoms. The topological polar surface area (TPSA) is 125 Å². The molecule has 23 heavy (non-hydrogen) atoms. The predicted molar refractivity (Wildman–Crippen MR) is 80.4 cm³/mol. The van der Waals surface area contributed by atoms with Gasteiger partial charge < -0.3 is 15.8 Å². The van der Waals surface area contributed by atoms with Crippen molar-refractivity contribution in [1.29, 1.82) is 0 Å². The van der Waals surface area contributed by atoms with Gasteiger partial charge in [0.1, 0.15) is 10.6 Å². The van der Waals surface area contributed by atoms with Crippen LogP contribution in [0.1, 0.15) is 5.56 Å². The molecule has 0 aliphatic heterocycles. The van der Waals surface area contributed by atoms with E-state index < -0.39 is 34.9 Å². The molecular weight excluding hydrogens is 332 g/mol. The number of ether oxygens (including phenoxy) is 1. The maximum absolute atomic E-state index is 12.9. The van der Waals surface area contributed by atoms with Crippen LogP contribution in [0.2, 0.25) is 0 Å². The summed E-state index contributed by atoms with van der Waals surface area (Å²) in [5.74, 6) is -3.91. The summed E-state index contributed by atoms with van der Waals surface area (Å²) in [4.78, 5) is 11.2. The van der Waals surface area contributed by atoms with E-state index in [0.29, 0.717) is 5.56 Å². The first kappa shape index (κ1) is 19.0. The van der Waals surface area contributed by atoms with Gasteiger partial charge in [0.15, 0.2) is 0 Å². The molecule has 0 bridgehead atoms. The number of carbonyl (C=O) groups is 1. The standard InChI is InChI=1S/C13H17F2N3O4S/c1-22-10-4-2-9(6-11(10)23(17,20)21)3-5-12(19)18-8-13(14,15)7-16/h2-6H,7-8,16H2,1H3,(H,18,19)(H2,17,20,21)/b5-3+. The number of hydrogen-bond donors (Lipinski definition) is 3. The summed E-state index contributed by atoms with van der Waals surface area (Å²) in [5.41, 5.74) is 5.17. The van der Waals surface area contributed by atoms with Crippen LogP contribution >= 0.6 is 0 Å². The lowest BCUT2D eigenvalue weighted by molar-refractivity contribution is -0.118. The number of primary sulfonamides is 1. The van der Waals surface area contributed by atoms with Crippen LogP contribution in [-0.2, 0) is 14.8 Å². The SMILES string of the molecule is COc1ccc(/C=C/C(=O)NCC(F)(F)CN)cc1S(N)(=O)=O. The van der Waals surface area contributed by atoms with Gasteiger partial charge in [0.2, 0.25) is 15.9 Å². The number of methoxy groups -OCH3 is 1. The molecule has 5 N–H and O–H groups in total. The summed E-state index contributed by atoms with van der Waals surface area (Å²) in [6.07, 6.45) is 2.24. The van der Waals surface area contributed by atoms with Crippen LogP contribution in [0.3, 0.4) is 0 Å². The van der Waals surface area contributed by atoms with Gasteiger partial charge in [-0.3, -0.25) is 4.79 Å². The Kier molecular flexibility index (Phi) is 6.19. The number of alkyl halides is 2. The van der Waals surface area contributed by atoms with Gasteiger partial charge in [-0.15, -0.1) is 0 Å². The molecule has 128 valence electrons. The molecular formula is C13H17F2N3O4S. The highest BCUT2D eigenvalue weighted by Gasteiger charge is 2.26. The number of hydrogen-bond acceptors (Lipinski definition) is 5. The van der Waals surface area contributed by atoms with Gasteiger partial charge in [0, 0.05) is 6.08 Å². The van der Waals surface area contributed by atoms with E-state index >= 15 is 0 Å². The van der Waals surface area contributed by atoms with Crippen molar-refractivity contribution in [3.8, 4) is 5.75 Å². The molecule has 1 aromatic rings. The first-order valence-electron chi connectivity index (χ1n) is 6.34. The lowest BCUT2D eigenvalue weighted by atomic mass is 10.2. The van der Waals surface area contributed by atoms with Crippen LogP contribution in [0.15, 0.2) is 29.2 Å². The lowest BCUT2D eigenvalue weighted by Gasteiger charge is -2.13. The fourth-order valence-electron chi connectivity index (χ4n) is 1.54. The average molecular weight is 349 g/mol. The van der Waals surface area contributed by atoms with Gasteiger partial charge in [-0.1, -0.05) is 6.07 Å². The van der Waals surface area contributed by atoms with Crippen LogP contribution in [0.25, 0.3) is 6.08 Å². The number of sulfonamides is 1. The highest BCUT2D eigenvalue weighted by atomic mass is 32.2. The van der Waals surface area contributed by atoms with Crippen LogP contribution in [0.5, 0.6) is 5.75 Å². The van der Waals surface area contributed by atoms with E-state index in [4.69, 9.17) is 15.6 Å². The summed E-state index contributed by atoms with van der Waals surface area (Å²) >= 11 is 0. The minimum Gasteiger partial charge on any atom is -0.495 e. The Hall–Kier alpha value is -2.04. The van der Waals surface area contributed by atoms with E-state index in [-0.39, 0.29) is 10.6 Å². The molecule has 0 aliphatic carbocycles. The van der Waals surface area contributed by atoms with Crippen molar-refractivity contribution in [3.63, 3.8) is 0 Å². The Labute approximate surface area is 132 Å². The molecule has 1 aromatic carbocycles. The minimum absolute atomic E-state index is 0.0525. The molecule has 0 fully saturated rings. The zero-order valence-corrected chi connectivity index (χ0v) is 13.1. The molecule has 1 rings (SSSR count). The maximum Gasteiger partial charge on any atom is 0.277 e. The van der Waals surface area contributed by atoms with Crippen molar-refractivity contribution < 1.29 is 26.7 Å². The monoisotopic (exact) mass is 349 g/mol. The fraction of sp³-hybridized carbons (Fsp3) is 0.308. The normalized spacial score (nSPS) is 12.4. The highest BCUT2D eigenvalue weighted by Crippen LogP contribution is 2.24. The second-order valence-electron chi connectivity index (χ2n) is 4.57. The summed E-state index contributed by atoms with van der Waals surface area (Å²) in [6, 6.07) is 4.04. The quantitative estimate of drug-likeness (QED) is 0.601. The average Bonchev–Trinajstić information content (AvgIpc) is 2.50. The van der Waals surface area contributed by atoms with Crippen molar-refractivity contribution >= 4 is 22.0 Å². The second-order valence-corrected chi connectivity index (χ2v) is 6.10. The second kappa shape index (κ2) is 7.49. The molecule has 10 heteroatoms. The number of rotatable bonds is 7. The first-order valence-corrected chi connectivity index (χ1v) is 7.88.